The molecular formula is C9H7BrN2O2S2. The molecule has 0 fully saturated rings. The zero-order chi connectivity index (χ0) is 11.7. The molecule has 84 valence electrons. The number of nitrogens with zero attached hydrogens (tertiary/aromatic N) is 2. The summed E-state index contributed by atoms with van der Waals surface area (Å²) < 4.78 is 0.959. The molecule has 1 N–H and O–H groups in total. The van der Waals surface area contributed by atoms with E-state index in [4.69, 9.17) is 5.11 Å². The normalized spacial score (nSPS) is 10.9. The summed E-state index contributed by atoms with van der Waals surface area (Å²) >= 11 is 6.26. The number of fused-ring (bicyclic) bond motifs is 1. The van der Waals surface area contributed by atoms with Crippen LogP contribution in [0.25, 0.3) is 10.2 Å². The van der Waals surface area contributed by atoms with Gasteiger partial charge in [0, 0.05) is 9.35 Å². The molecule has 0 radical (unpaired) electrons. The van der Waals surface area contributed by atoms with Gasteiger partial charge in [0.15, 0.2) is 0 Å². The lowest BCUT2D eigenvalue weighted by Gasteiger charge is -1.99. The fourth-order valence-corrected chi connectivity index (χ4v) is 3.78. The molecule has 0 aliphatic carbocycles. The Morgan fingerprint density at radius 2 is 2.38 bits per heavy atom. The highest BCUT2D eigenvalue weighted by molar-refractivity contribution is 9.10. The van der Waals surface area contributed by atoms with E-state index in [9.17, 15) is 4.79 Å². The first kappa shape index (κ1) is 11.8. The van der Waals surface area contributed by atoms with Crippen molar-refractivity contribution in [2.75, 3.05) is 5.75 Å². The molecule has 0 aliphatic heterocycles. The van der Waals surface area contributed by atoms with E-state index in [1.807, 2.05) is 6.92 Å². The van der Waals surface area contributed by atoms with E-state index in [0.29, 0.717) is 5.03 Å². The Labute approximate surface area is 108 Å². The van der Waals surface area contributed by atoms with Crippen LogP contribution in [0.1, 0.15) is 4.88 Å². The van der Waals surface area contributed by atoms with Crippen molar-refractivity contribution >= 4 is 55.2 Å². The van der Waals surface area contributed by atoms with Crippen molar-refractivity contribution in [1.29, 1.82) is 0 Å². The number of thioether (sulfide) groups is 1. The van der Waals surface area contributed by atoms with Gasteiger partial charge in [-0.3, -0.25) is 4.79 Å². The van der Waals surface area contributed by atoms with Crippen LogP contribution in [0, 0.1) is 6.92 Å². The number of thiophene rings is 1. The van der Waals surface area contributed by atoms with E-state index in [1.54, 1.807) is 11.3 Å². The van der Waals surface area contributed by atoms with Crippen LogP contribution in [-0.2, 0) is 4.79 Å². The van der Waals surface area contributed by atoms with E-state index < -0.39 is 5.97 Å². The number of hydrogen-bond acceptors (Lipinski definition) is 5. The lowest BCUT2D eigenvalue weighted by molar-refractivity contribution is -0.133. The smallest absolute Gasteiger partial charge is 0.313 e. The van der Waals surface area contributed by atoms with Crippen LogP contribution in [-0.4, -0.2) is 26.8 Å². The molecule has 0 bridgehead atoms. The lowest BCUT2D eigenvalue weighted by Crippen LogP contribution is -1.98. The van der Waals surface area contributed by atoms with Crippen LogP contribution in [0.5, 0.6) is 0 Å². The number of aryl methyl sites for hydroxylation is 1. The van der Waals surface area contributed by atoms with Crippen molar-refractivity contribution < 1.29 is 9.90 Å². The molecule has 2 heterocycles. The molecule has 0 aromatic carbocycles. The number of carbonyl (C=O) groups is 1. The van der Waals surface area contributed by atoms with Crippen molar-refractivity contribution in [3.8, 4) is 0 Å². The summed E-state index contributed by atoms with van der Waals surface area (Å²) in [6.07, 6.45) is 1.47. The largest absolute Gasteiger partial charge is 0.481 e. The van der Waals surface area contributed by atoms with Crippen molar-refractivity contribution in [2.45, 2.75) is 11.9 Å². The summed E-state index contributed by atoms with van der Waals surface area (Å²) in [6.45, 7) is 1.99. The van der Waals surface area contributed by atoms with Gasteiger partial charge in [0.25, 0.3) is 0 Å². The van der Waals surface area contributed by atoms with Crippen LogP contribution in [0.3, 0.4) is 0 Å². The number of rotatable bonds is 3. The van der Waals surface area contributed by atoms with Gasteiger partial charge >= 0.3 is 5.97 Å². The van der Waals surface area contributed by atoms with Gasteiger partial charge in [-0.1, -0.05) is 11.8 Å². The number of halogens is 1. The molecule has 16 heavy (non-hydrogen) atoms. The van der Waals surface area contributed by atoms with Gasteiger partial charge in [-0.25, -0.2) is 9.97 Å². The monoisotopic (exact) mass is 318 g/mol. The maximum absolute atomic E-state index is 10.5. The zero-order valence-corrected chi connectivity index (χ0v) is 11.4. The first-order chi connectivity index (χ1) is 7.59. The summed E-state index contributed by atoms with van der Waals surface area (Å²) in [6, 6.07) is 0. The predicted octanol–water partition coefficient (Wildman–Crippen LogP) is 2.94. The van der Waals surface area contributed by atoms with E-state index in [-0.39, 0.29) is 5.75 Å². The highest BCUT2D eigenvalue weighted by atomic mass is 79.9. The van der Waals surface area contributed by atoms with E-state index in [2.05, 4.69) is 25.9 Å². The minimum absolute atomic E-state index is 0.00739. The third-order valence-corrected chi connectivity index (χ3v) is 5.13. The molecule has 0 saturated heterocycles. The molecule has 0 spiro atoms. The fourth-order valence-electron chi connectivity index (χ4n) is 1.22. The minimum Gasteiger partial charge on any atom is -0.481 e. The van der Waals surface area contributed by atoms with E-state index >= 15 is 0 Å². The number of hydrogen-bond donors (Lipinski definition) is 1. The Morgan fingerprint density at radius 1 is 1.62 bits per heavy atom. The standard InChI is InChI=1S/C9H7BrN2O2S2/c1-4-7(10)6-8(15-2-5(13)14)11-3-12-9(6)16-4/h3H,2H2,1H3,(H,13,14). The maximum Gasteiger partial charge on any atom is 0.313 e. The van der Waals surface area contributed by atoms with Crippen molar-refractivity contribution in [3.05, 3.63) is 15.7 Å². The Balaban J connectivity index is 2.48. The molecule has 2 rings (SSSR count). The summed E-state index contributed by atoms with van der Waals surface area (Å²) in [5.74, 6) is -0.840. The maximum atomic E-state index is 10.5. The SMILES string of the molecule is Cc1sc2ncnc(SCC(=O)O)c2c1Br. The molecule has 0 atom stereocenters. The Bertz CT molecular complexity index is 556. The van der Waals surface area contributed by atoms with Gasteiger partial charge in [-0.2, -0.15) is 0 Å². The highest BCUT2D eigenvalue weighted by Crippen LogP contribution is 2.38. The number of aromatic nitrogens is 2. The first-order valence-corrected chi connectivity index (χ1v) is 6.93. The Morgan fingerprint density at radius 3 is 3.06 bits per heavy atom. The molecule has 0 aliphatic rings. The highest BCUT2D eigenvalue weighted by Gasteiger charge is 2.14. The van der Waals surface area contributed by atoms with Gasteiger partial charge in [0.2, 0.25) is 0 Å². The summed E-state index contributed by atoms with van der Waals surface area (Å²) in [5.41, 5.74) is 0. The Hall–Kier alpha value is -0.660. The third-order valence-electron chi connectivity index (χ3n) is 1.89. The lowest BCUT2D eigenvalue weighted by atomic mass is 10.4. The fraction of sp³-hybridized carbons (Fsp3) is 0.222. The Kier molecular flexibility index (Phi) is 3.46. The zero-order valence-electron chi connectivity index (χ0n) is 8.23. The second-order valence-corrected chi connectivity index (χ2v) is 5.97. The van der Waals surface area contributed by atoms with Gasteiger partial charge in [0.05, 0.1) is 11.1 Å². The predicted molar refractivity (Wildman–Crippen MR) is 68.2 cm³/mol. The van der Waals surface area contributed by atoms with Crippen LogP contribution < -0.4 is 0 Å². The third kappa shape index (κ3) is 2.21. The van der Waals surface area contributed by atoms with Crippen molar-refractivity contribution in [3.63, 3.8) is 0 Å². The molecule has 2 aromatic heterocycles. The summed E-state index contributed by atoms with van der Waals surface area (Å²) in [7, 11) is 0. The quantitative estimate of drug-likeness (QED) is 0.696. The van der Waals surface area contributed by atoms with E-state index in [0.717, 1.165) is 19.6 Å². The average molecular weight is 319 g/mol. The number of aliphatic carboxylic acids is 1. The number of carboxylic acid groups (broad SMARTS) is 1. The van der Waals surface area contributed by atoms with Gasteiger partial charge < -0.3 is 5.11 Å². The van der Waals surface area contributed by atoms with Gasteiger partial charge in [-0.15, -0.1) is 11.3 Å². The average Bonchev–Trinajstić information content (AvgIpc) is 2.52. The van der Waals surface area contributed by atoms with Crippen LogP contribution in [0.4, 0.5) is 0 Å². The molecule has 4 nitrogen and oxygen atoms in total. The molecule has 0 saturated carbocycles. The second-order valence-electron chi connectivity index (χ2n) is 3.01. The summed E-state index contributed by atoms with van der Waals surface area (Å²) in [4.78, 5) is 20.8. The van der Waals surface area contributed by atoms with Crippen LogP contribution in [0.2, 0.25) is 0 Å². The molecule has 7 heteroatoms. The van der Waals surface area contributed by atoms with E-state index in [1.165, 1.54) is 18.1 Å². The van der Waals surface area contributed by atoms with Crippen molar-refractivity contribution in [1.82, 2.24) is 9.97 Å². The molecular weight excluding hydrogens is 312 g/mol. The van der Waals surface area contributed by atoms with Crippen LogP contribution >= 0.6 is 39.0 Å². The second kappa shape index (κ2) is 4.68. The first-order valence-electron chi connectivity index (χ1n) is 4.33. The van der Waals surface area contributed by atoms with Gasteiger partial charge in [-0.05, 0) is 22.9 Å². The van der Waals surface area contributed by atoms with Crippen molar-refractivity contribution in [2.24, 2.45) is 0 Å². The van der Waals surface area contributed by atoms with Crippen LogP contribution in [0.15, 0.2) is 15.8 Å². The van der Waals surface area contributed by atoms with Gasteiger partial charge in [0.1, 0.15) is 16.2 Å². The molecule has 0 unspecified atom stereocenters. The minimum atomic E-state index is -0.847. The topological polar surface area (TPSA) is 63.1 Å². The molecule has 0 amide bonds. The summed E-state index contributed by atoms with van der Waals surface area (Å²) in [5, 5.41) is 10.3. The molecule has 2 aromatic rings. The number of carboxylic acids is 1.